The van der Waals surface area contributed by atoms with Crippen LogP contribution in [0.5, 0.6) is 0 Å². The summed E-state index contributed by atoms with van der Waals surface area (Å²) in [6, 6.07) is 13.1. The van der Waals surface area contributed by atoms with Gasteiger partial charge in [0.2, 0.25) is 0 Å². The van der Waals surface area contributed by atoms with Gasteiger partial charge in [-0.15, -0.1) is 11.3 Å². The van der Waals surface area contributed by atoms with Crippen molar-refractivity contribution >= 4 is 29.1 Å². The number of nitrogens with two attached hydrogens (primary N) is 1. The number of carbonyl (C=O) groups is 3. The van der Waals surface area contributed by atoms with Crippen LogP contribution in [0.3, 0.4) is 0 Å². The summed E-state index contributed by atoms with van der Waals surface area (Å²) >= 11 is 1.17. The molecule has 2 N–H and O–H groups in total. The number of imide groups is 1. The summed E-state index contributed by atoms with van der Waals surface area (Å²) in [5, 5.41) is 4.23. The first-order valence-electron chi connectivity index (χ1n) is 12.0. The van der Waals surface area contributed by atoms with Crippen LogP contribution in [0.4, 0.5) is 13.2 Å². The van der Waals surface area contributed by atoms with E-state index < -0.39 is 35.4 Å². The second-order valence-corrected chi connectivity index (χ2v) is 10.6. The van der Waals surface area contributed by atoms with Crippen molar-refractivity contribution < 1.29 is 27.6 Å². The van der Waals surface area contributed by atoms with Gasteiger partial charge in [0, 0.05) is 36.1 Å². The fraction of sp³-hybridized carbons (Fsp3) is 0.214. The Labute approximate surface area is 225 Å². The van der Waals surface area contributed by atoms with Crippen molar-refractivity contribution in [2.45, 2.75) is 25.4 Å². The Balaban J connectivity index is 1.66. The van der Waals surface area contributed by atoms with Gasteiger partial charge in [0.1, 0.15) is 0 Å². The van der Waals surface area contributed by atoms with E-state index in [0.717, 1.165) is 21.9 Å². The number of rotatable bonds is 7. The van der Waals surface area contributed by atoms with E-state index >= 15 is 0 Å². The molecule has 0 saturated carbocycles. The van der Waals surface area contributed by atoms with Crippen molar-refractivity contribution in [3.63, 3.8) is 0 Å². The molecule has 5 rings (SSSR count). The molecule has 0 radical (unpaired) electrons. The van der Waals surface area contributed by atoms with Crippen LogP contribution in [0, 0.1) is 6.92 Å². The van der Waals surface area contributed by atoms with Gasteiger partial charge < -0.3 is 5.73 Å². The van der Waals surface area contributed by atoms with Gasteiger partial charge >= 0.3 is 6.18 Å². The number of hydrogen-bond acceptors (Lipinski definition) is 5. The topological polar surface area (TPSA) is 98.3 Å². The van der Waals surface area contributed by atoms with Gasteiger partial charge in [0.05, 0.1) is 27.3 Å². The van der Waals surface area contributed by atoms with E-state index in [1.807, 2.05) is 6.92 Å². The molecule has 0 saturated heterocycles. The molecule has 39 heavy (non-hydrogen) atoms. The maximum absolute atomic E-state index is 13.5. The van der Waals surface area contributed by atoms with E-state index in [2.05, 4.69) is 5.10 Å². The van der Waals surface area contributed by atoms with Crippen LogP contribution < -0.4 is 5.73 Å². The van der Waals surface area contributed by atoms with Gasteiger partial charge in [-0.1, -0.05) is 30.3 Å². The molecule has 3 heterocycles. The molecule has 0 spiro atoms. The number of thiophene rings is 1. The monoisotopic (exact) mass is 552 g/mol. The summed E-state index contributed by atoms with van der Waals surface area (Å²) in [4.78, 5) is 41.2. The van der Waals surface area contributed by atoms with Crippen LogP contribution in [-0.2, 0) is 19.6 Å². The Morgan fingerprint density at radius 1 is 1.05 bits per heavy atom. The van der Waals surface area contributed by atoms with Crippen LogP contribution in [0.25, 0.3) is 11.3 Å². The highest BCUT2D eigenvalue weighted by Crippen LogP contribution is 2.43. The summed E-state index contributed by atoms with van der Waals surface area (Å²) in [6.07, 6.45) is -2.95. The highest BCUT2D eigenvalue weighted by atomic mass is 32.1. The third-order valence-corrected chi connectivity index (χ3v) is 7.98. The van der Waals surface area contributed by atoms with E-state index in [1.165, 1.54) is 17.4 Å². The number of amides is 3. The number of aromatic nitrogens is 2. The van der Waals surface area contributed by atoms with Crippen molar-refractivity contribution in [1.29, 1.82) is 0 Å². The molecule has 1 aliphatic rings. The minimum Gasteiger partial charge on any atom is -0.365 e. The van der Waals surface area contributed by atoms with Gasteiger partial charge in [0.25, 0.3) is 17.7 Å². The fourth-order valence-corrected chi connectivity index (χ4v) is 6.22. The Bertz CT molecular complexity index is 1590. The number of nitrogens with zero attached hydrogens (tertiary/aromatic N) is 3. The van der Waals surface area contributed by atoms with Crippen LogP contribution in [0.1, 0.15) is 57.9 Å². The quantitative estimate of drug-likeness (QED) is 0.319. The number of halogens is 3. The van der Waals surface area contributed by atoms with Crippen molar-refractivity contribution in [1.82, 2.24) is 14.7 Å². The van der Waals surface area contributed by atoms with Crippen molar-refractivity contribution in [3.05, 3.63) is 98.4 Å². The molecule has 0 fully saturated rings. The second kappa shape index (κ2) is 9.81. The lowest BCUT2D eigenvalue weighted by Gasteiger charge is -2.25. The SMILES string of the molecule is Cc1sc(C(N)=O)c([C@H](Cc2cccc(C(F)(F)F)c2)CN2C(=O)c3ccccc3C2=O)c1-c1ccnn1C. The minimum absolute atomic E-state index is 0.0125. The minimum atomic E-state index is -4.55. The van der Waals surface area contributed by atoms with Crippen LogP contribution >= 0.6 is 11.3 Å². The highest BCUT2D eigenvalue weighted by molar-refractivity contribution is 7.14. The molecule has 3 amide bonds. The molecule has 2 aromatic carbocycles. The molecule has 0 unspecified atom stereocenters. The molecule has 1 atom stereocenters. The molecule has 200 valence electrons. The van der Waals surface area contributed by atoms with Crippen LogP contribution in [0.2, 0.25) is 0 Å². The van der Waals surface area contributed by atoms with E-state index in [9.17, 15) is 27.6 Å². The fourth-order valence-electron chi connectivity index (χ4n) is 5.11. The van der Waals surface area contributed by atoms with E-state index in [4.69, 9.17) is 5.73 Å². The normalized spacial score (nSPS) is 14.1. The van der Waals surface area contributed by atoms with Crippen LogP contribution in [-0.4, -0.2) is 38.9 Å². The third-order valence-electron chi connectivity index (χ3n) is 6.85. The molecule has 4 aromatic rings. The van der Waals surface area contributed by atoms with Crippen molar-refractivity contribution in [2.75, 3.05) is 6.54 Å². The first kappa shape index (κ1) is 26.4. The molecule has 0 aliphatic carbocycles. The maximum atomic E-state index is 13.5. The van der Waals surface area contributed by atoms with Gasteiger partial charge in [-0.3, -0.25) is 24.0 Å². The standard InChI is InChI=1S/C28H23F3N4O3S/c1-15-22(21-10-11-33-34(21)2)23(24(39-15)25(32)36)17(12-16-6-5-7-18(13-16)28(29,30)31)14-35-26(37)19-8-3-4-9-20(19)27(35)38/h3-11,13,17H,12,14H2,1-2H3,(H2,32,36)/t17-/m1/s1. The second-order valence-electron chi connectivity index (χ2n) is 9.35. The molecule has 1 aliphatic heterocycles. The zero-order valence-electron chi connectivity index (χ0n) is 21.0. The summed E-state index contributed by atoms with van der Waals surface area (Å²) in [7, 11) is 1.73. The molecule has 7 nitrogen and oxygen atoms in total. The molecule has 2 aromatic heterocycles. The Hall–Kier alpha value is -4.25. The largest absolute Gasteiger partial charge is 0.416 e. The Morgan fingerprint density at radius 2 is 1.72 bits per heavy atom. The number of carbonyl (C=O) groups excluding carboxylic acids is 3. The number of fused-ring (bicyclic) bond motifs is 1. The predicted molar refractivity (Wildman–Crippen MR) is 139 cm³/mol. The smallest absolute Gasteiger partial charge is 0.365 e. The average molecular weight is 553 g/mol. The lowest BCUT2D eigenvalue weighted by atomic mass is 9.86. The predicted octanol–water partition coefficient (Wildman–Crippen LogP) is 5.20. The van der Waals surface area contributed by atoms with Gasteiger partial charge in [-0.25, -0.2) is 0 Å². The molecular formula is C28H23F3N4O3S. The number of aryl methyl sites for hydroxylation is 2. The number of benzene rings is 2. The zero-order chi connectivity index (χ0) is 28.1. The van der Waals surface area contributed by atoms with Gasteiger partial charge in [-0.2, -0.15) is 18.3 Å². The number of primary amides is 1. The summed E-state index contributed by atoms with van der Waals surface area (Å²) < 4.78 is 42.2. The van der Waals surface area contributed by atoms with Gasteiger partial charge in [0.15, 0.2) is 0 Å². The summed E-state index contributed by atoms with van der Waals surface area (Å²) in [5.74, 6) is -2.45. The molecule has 0 bridgehead atoms. The highest BCUT2D eigenvalue weighted by Gasteiger charge is 2.39. The number of hydrogen-bond donors (Lipinski definition) is 1. The van der Waals surface area contributed by atoms with Crippen molar-refractivity contribution in [3.8, 4) is 11.3 Å². The first-order chi connectivity index (χ1) is 18.5. The van der Waals surface area contributed by atoms with E-state index in [0.29, 0.717) is 22.4 Å². The van der Waals surface area contributed by atoms with Crippen LogP contribution in [0.15, 0.2) is 60.8 Å². The summed E-state index contributed by atoms with van der Waals surface area (Å²) in [5.41, 5.74) is 7.61. The van der Waals surface area contributed by atoms with E-state index in [1.54, 1.807) is 54.3 Å². The van der Waals surface area contributed by atoms with Crippen molar-refractivity contribution in [2.24, 2.45) is 12.8 Å². The number of alkyl halides is 3. The van der Waals surface area contributed by atoms with E-state index in [-0.39, 0.29) is 29.0 Å². The third kappa shape index (κ3) is 4.74. The Kier molecular flexibility index (Phi) is 6.63. The average Bonchev–Trinajstić information content (AvgIpc) is 3.53. The lowest BCUT2D eigenvalue weighted by molar-refractivity contribution is -0.137. The summed E-state index contributed by atoms with van der Waals surface area (Å²) in [6.45, 7) is 1.65. The molecular weight excluding hydrogens is 529 g/mol. The lowest BCUT2D eigenvalue weighted by Crippen LogP contribution is -2.35. The zero-order valence-corrected chi connectivity index (χ0v) is 21.8. The Morgan fingerprint density at radius 3 is 2.28 bits per heavy atom. The first-order valence-corrected chi connectivity index (χ1v) is 12.8. The molecule has 11 heteroatoms. The maximum Gasteiger partial charge on any atom is 0.416 e. The van der Waals surface area contributed by atoms with Gasteiger partial charge in [-0.05, 0) is 48.7 Å².